The van der Waals surface area contributed by atoms with Gasteiger partial charge >= 0.3 is 7.82 Å². The third-order valence-corrected chi connectivity index (χ3v) is 9.35. The Balaban J connectivity index is 1.49. The van der Waals surface area contributed by atoms with E-state index in [9.17, 15) is 17.8 Å². The van der Waals surface area contributed by atoms with Crippen molar-refractivity contribution in [1.82, 2.24) is 4.31 Å². The van der Waals surface area contributed by atoms with Crippen molar-refractivity contribution in [2.24, 2.45) is 0 Å². The number of hydrogen-bond acceptors (Lipinski definition) is 7. The van der Waals surface area contributed by atoms with Crippen molar-refractivity contribution in [3.63, 3.8) is 0 Å². The molecule has 3 aromatic carbocycles. The van der Waals surface area contributed by atoms with E-state index < -0.39 is 17.8 Å². The van der Waals surface area contributed by atoms with Gasteiger partial charge in [-0.3, -0.25) is 9.32 Å². The first-order chi connectivity index (χ1) is 18.7. The van der Waals surface area contributed by atoms with Crippen LogP contribution in [0.5, 0.6) is 11.5 Å². The summed E-state index contributed by atoms with van der Waals surface area (Å²) in [4.78, 5) is 11.9. The highest BCUT2D eigenvalue weighted by molar-refractivity contribution is 7.89. The lowest BCUT2D eigenvalue weighted by Crippen LogP contribution is -2.42. The van der Waals surface area contributed by atoms with E-state index in [0.717, 1.165) is 5.56 Å². The number of para-hydroxylation sites is 2. The van der Waals surface area contributed by atoms with Crippen molar-refractivity contribution in [2.45, 2.75) is 43.5 Å². The minimum absolute atomic E-state index is 0.109. The van der Waals surface area contributed by atoms with Crippen LogP contribution in [-0.2, 0) is 23.9 Å². The van der Waals surface area contributed by atoms with Crippen LogP contribution >= 0.6 is 7.82 Å². The molecule has 0 radical (unpaired) electrons. The zero-order chi connectivity index (χ0) is 27.7. The molecule has 0 bridgehead atoms. The summed E-state index contributed by atoms with van der Waals surface area (Å²) in [6.07, 6.45) is 1.54. The van der Waals surface area contributed by atoms with Crippen LogP contribution in [0.25, 0.3) is 0 Å². The van der Waals surface area contributed by atoms with Crippen LogP contribution in [0.4, 0.5) is 0 Å². The Bertz CT molecular complexity index is 1410. The van der Waals surface area contributed by atoms with Gasteiger partial charge in [-0.15, -0.1) is 0 Å². The van der Waals surface area contributed by atoms with E-state index in [1.54, 1.807) is 84.9 Å². The quantitative estimate of drug-likeness (QED) is 0.226. The SMILES string of the molecule is Cc1ccc(S(=O)(=O)N(CC#CCOP(=O)(Oc2ccccc2)Oc2ccccc2)C2CCC(=O)CC2)cc1. The summed E-state index contributed by atoms with van der Waals surface area (Å²) < 4.78 is 58.4. The lowest BCUT2D eigenvalue weighted by molar-refractivity contribution is -0.120. The number of sulfonamides is 1. The molecule has 39 heavy (non-hydrogen) atoms. The molecule has 0 saturated heterocycles. The maximum absolute atomic E-state index is 13.5. The van der Waals surface area contributed by atoms with Crippen molar-refractivity contribution in [3.8, 4) is 23.3 Å². The van der Waals surface area contributed by atoms with E-state index in [2.05, 4.69) is 11.8 Å². The summed E-state index contributed by atoms with van der Waals surface area (Å²) in [6.45, 7) is 1.45. The zero-order valence-electron chi connectivity index (χ0n) is 21.6. The van der Waals surface area contributed by atoms with E-state index in [-0.39, 0.29) is 29.9 Å². The number of Topliss-reactive ketones (excluding diaryl/α,β-unsaturated/α-hetero) is 1. The minimum Gasteiger partial charge on any atom is -0.395 e. The number of nitrogens with zero attached hydrogens (tertiary/aromatic N) is 1. The topological polar surface area (TPSA) is 99.2 Å². The summed E-state index contributed by atoms with van der Waals surface area (Å²) in [7, 11) is -7.97. The second-order valence-corrected chi connectivity index (χ2v) is 12.4. The first-order valence-electron chi connectivity index (χ1n) is 12.5. The van der Waals surface area contributed by atoms with Crippen molar-refractivity contribution in [3.05, 3.63) is 90.5 Å². The van der Waals surface area contributed by atoms with Gasteiger partial charge in [0.15, 0.2) is 0 Å². The summed E-state index contributed by atoms with van der Waals surface area (Å²) >= 11 is 0. The number of ketones is 1. The van der Waals surface area contributed by atoms with Gasteiger partial charge in [0.25, 0.3) is 0 Å². The van der Waals surface area contributed by atoms with E-state index in [4.69, 9.17) is 13.6 Å². The normalized spacial score (nSPS) is 14.5. The molecule has 0 spiro atoms. The summed E-state index contributed by atoms with van der Waals surface area (Å²) in [5, 5.41) is 0. The predicted molar refractivity (Wildman–Crippen MR) is 148 cm³/mol. The maximum atomic E-state index is 13.5. The Morgan fingerprint density at radius 3 is 1.92 bits per heavy atom. The number of benzene rings is 3. The maximum Gasteiger partial charge on any atom is 0.588 e. The molecule has 0 amide bonds. The lowest BCUT2D eigenvalue weighted by atomic mass is 9.94. The van der Waals surface area contributed by atoms with E-state index in [1.165, 1.54) is 4.31 Å². The highest BCUT2D eigenvalue weighted by Crippen LogP contribution is 2.49. The van der Waals surface area contributed by atoms with Gasteiger partial charge in [-0.2, -0.15) is 4.31 Å². The van der Waals surface area contributed by atoms with Gasteiger partial charge in [0, 0.05) is 18.9 Å². The molecule has 8 nitrogen and oxygen atoms in total. The molecular formula is C29H30NO7PS. The van der Waals surface area contributed by atoms with E-state index in [0.29, 0.717) is 37.2 Å². The summed E-state index contributed by atoms with van der Waals surface area (Å²) in [5.41, 5.74) is 0.945. The first kappa shape index (κ1) is 28.6. The van der Waals surface area contributed by atoms with Crippen LogP contribution in [0, 0.1) is 18.8 Å². The summed E-state index contributed by atoms with van der Waals surface area (Å²) in [6, 6.07) is 23.3. The van der Waals surface area contributed by atoms with Gasteiger partial charge in [-0.25, -0.2) is 13.0 Å². The molecule has 4 rings (SSSR count). The fourth-order valence-corrected chi connectivity index (χ4v) is 6.77. The molecule has 0 aromatic heterocycles. The van der Waals surface area contributed by atoms with E-state index >= 15 is 0 Å². The molecule has 1 aliphatic carbocycles. The second kappa shape index (κ2) is 13.1. The fourth-order valence-electron chi connectivity index (χ4n) is 4.06. The molecule has 3 aromatic rings. The van der Waals surface area contributed by atoms with Crippen molar-refractivity contribution in [2.75, 3.05) is 13.2 Å². The Morgan fingerprint density at radius 1 is 0.846 bits per heavy atom. The molecule has 10 heteroatoms. The van der Waals surface area contributed by atoms with Crippen LogP contribution in [0.1, 0.15) is 31.2 Å². The van der Waals surface area contributed by atoms with E-state index in [1.807, 2.05) is 6.92 Å². The van der Waals surface area contributed by atoms with Gasteiger partial charge < -0.3 is 9.05 Å². The average Bonchev–Trinajstić information content (AvgIpc) is 2.92. The smallest absolute Gasteiger partial charge is 0.395 e. The van der Waals surface area contributed by atoms with Gasteiger partial charge in [0.2, 0.25) is 10.0 Å². The number of carbonyl (C=O) groups excluding carboxylic acids is 1. The lowest BCUT2D eigenvalue weighted by Gasteiger charge is -2.31. The van der Waals surface area contributed by atoms with Crippen LogP contribution < -0.4 is 9.05 Å². The van der Waals surface area contributed by atoms with Crippen molar-refractivity contribution >= 4 is 23.6 Å². The van der Waals surface area contributed by atoms with Gasteiger partial charge in [-0.05, 0) is 56.2 Å². The predicted octanol–water partition coefficient (Wildman–Crippen LogP) is 5.78. The largest absolute Gasteiger partial charge is 0.588 e. The first-order valence-corrected chi connectivity index (χ1v) is 15.4. The molecule has 204 valence electrons. The number of rotatable bonds is 10. The van der Waals surface area contributed by atoms with Crippen LogP contribution in [0.3, 0.4) is 0 Å². The molecule has 1 aliphatic rings. The number of aryl methyl sites for hydroxylation is 1. The van der Waals surface area contributed by atoms with Crippen LogP contribution in [-0.4, -0.2) is 37.7 Å². The molecule has 0 N–H and O–H groups in total. The second-order valence-electron chi connectivity index (χ2n) is 9.02. The molecule has 0 atom stereocenters. The van der Waals surface area contributed by atoms with Crippen LogP contribution in [0.15, 0.2) is 89.8 Å². The third-order valence-electron chi connectivity index (χ3n) is 6.12. The molecule has 1 fully saturated rings. The number of hydrogen-bond donors (Lipinski definition) is 0. The minimum atomic E-state index is -4.12. The Labute approximate surface area is 229 Å². The van der Waals surface area contributed by atoms with Crippen molar-refractivity contribution in [1.29, 1.82) is 0 Å². The van der Waals surface area contributed by atoms with Crippen molar-refractivity contribution < 1.29 is 31.3 Å². The van der Waals surface area contributed by atoms with Crippen LogP contribution in [0.2, 0.25) is 0 Å². The Kier molecular flexibility index (Phi) is 9.60. The van der Waals surface area contributed by atoms with Gasteiger partial charge in [0.05, 0.1) is 11.4 Å². The Morgan fingerprint density at radius 2 is 1.38 bits per heavy atom. The highest BCUT2D eigenvalue weighted by atomic mass is 32.2. The zero-order valence-corrected chi connectivity index (χ0v) is 23.3. The fraction of sp³-hybridized carbons (Fsp3) is 0.276. The number of phosphoric ester groups is 1. The Hall–Kier alpha value is -3.41. The standard InChI is InChI=1S/C29H30NO7PS/c1-24-14-20-29(21-15-24)39(33,34)30(25-16-18-26(31)19-17-25)22-8-9-23-35-38(32,36-27-10-4-2-5-11-27)37-28-12-6-3-7-13-28/h2-7,10-15,20-21,25H,16-19,22-23H2,1H3. The molecule has 0 unspecified atom stereocenters. The molecule has 1 saturated carbocycles. The van der Waals surface area contributed by atoms with Gasteiger partial charge in [0.1, 0.15) is 23.9 Å². The monoisotopic (exact) mass is 567 g/mol. The third kappa shape index (κ3) is 8.04. The number of carbonyl (C=O) groups is 1. The van der Waals surface area contributed by atoms with Gasteiger partial charge in [-0.1, -0.05) is 65.9 Å². The number of phosphoric acid groups is 1. The molecule has 0 heterocycles. The molecular weight excluding hydrogens is 537 g/mol. The average molecular weight is 568 g/mol. The molecule has 0 aliphatic heterocycles. The highest BCUT2D eigenvalue weighted by Gasteiger charge is 2.34. The summed E-state index contributed by atoms with van der Waals surface area (Å²) in [5.74, 6) is 6.31.